The summed E-state index contributed by atoms with van der Waals surface area (Å²) in [6.45, 7) is 2.20. The largest absolute Gasteiger partial charge is 0.462 e. The van der Waals surface area contributed by atoms with Crippen LogP contribution in [0.5, 0.6) is 0 Å². The Morgan fingerprint density at radius 2 is 2.19 bits per heavy atom. The normalized spacial score (nSPS) is 11.0. The van der Waals surface area contributed by atoms with Gasteiger partial charge in [-0.05, 0) is 30.7 Å². The van der Waals surface area contributed by atoms with E-state index in [-0.39, 0.29) is 28.7 Å². The van der Waals surface area contributed by atoms with Crippen LogP contribution >= 0.6 is 11.6 Å². The van der Waals surface area contributed by atoms with Crippen LogP contribution < -0.4 is 0 Å². The van der Waals surface area contributed by atoms with E-state index in [4.69, 9.17) is 26.0 Å². The van der Waals surface area contributed by atoms with E-state index in [1.807, 2.05) is 6.92 Å². The van der Waals surface area contributed by atoms with Gasteiger partial charge in [-0.15, -0.1) is 0 Å². The van der Waals surface area contributed by atoms with Crippen LogP contribution in [0.4, 0.5) is 5.69 Å². The number of hydrogen-bond donors (Lipinski definition) is 0. The third-order valence-corrected chi connectivity index (χ3v) is 3.73. The van der Waals surface area contributed by atoms with Gasteiger partial charge >= 0.3 is 5.97 Å². The number of nitriles is 1. The number of rotatable bonds is 7. The fourth-order valence-electron chi connectivity index (χ4n) is 2.06. The van der Waals surface area contributed by atoms with Crippen molar-refractivity contribution >= 4 is 29.3 Å². The average Bonchev–Trinajstić information content (AvgIpc) is 3.08. The van der Waals surface area contributed by atoms with E-state index < -0.39 is 10.9 Å². The molecule has 0 aliphatic carbocycles. The number of nitrogens with zero attached hydrogens (tertiary/aromatic N) is 2. The summed E-state index contributed by atoms with van der Waals surface area (Å²) in [6, 6.07) is 9.17. The van der Waals surface area contributed by atoms with Gasteiger partial charge in [0.15, 0.2) is 0 Å². The Morgan fingerprint density at radius 3 is 2.85 bits per heavy atom. The van der Waals surface area contributed by atoms with Crippen LogP contribution in [0, 0.1) is 21.4 Å². The van der Waals surface area contributed by atoms with Crippen LogP contribution in [0.25, 0.3) is 17.4 Å². The lowest BCUT2D eigenvalue weighted by Crippen LogP contribution is -2.07. The molecule has 7 nitrogen and oxygen atoms in total. The maximum atomic E-state index is 11.8. The molecule has 0 atom stereocenters. The molecule has 134 valence electrons. The highest BCUT2D eigenvalue weighted by atomic mass is 35.5. The number of carbonyl (C=O) groups is 1. The molecular formula is C18H15ClN2O5. The molecule has 0 unspecified atom stereocenters. The van der Waals surface area contributed by atoms with Crippen molar-refractivity contribution in [1.82, 2.24) is 0 Å². The van der Waals surface area contributed by atoms with Gasteiger partial charge in [-0.3, -0.25) is 10.1 Å². The molecule has 0 bridgehead atoms. The maximum Gasteiger partial charge on any atom is 0.349 e. The standard InChI is InChI=1S/C18H15ClN2O5/c1-2-3-8-25-18(22)13(11-20)9-14-5-7-17(26-14)12-4-6-15(19)16(10-12)21(23)24/h4-7,9-10H,2-3,8H2,1H3. The molecule has 2 aromatic rings. The van der Waals surface area contributed by atoms with Gasteiger partial charge in [0.25, 0.3) is 5.69 Å². The Kier molecular flexibility index (Phi) is 6.53. The number of carbonyl (C=O) groups excluding carboxylic acids is 1. The number of halogens is 1. The van der Waals surface area contributed by atoms with Crippen LogP contribution in [0.1, 0.15) is 25.5 Å². The Balaban J connectivity index is 2.24. The van der Waals surface area contributed by atoms with Gasteiger partial charge in [-0.1, -0.05) is 24.9 Å². The van der Waals surface area contributed by atoms with Gasteiger partial charge in [0.1, 0.15) is 28.2 Å². The molecule has 0 radical (unpaired) electrons. The minimum absolute atomic E-state index is 0.0204. The summed E-state index contributed by atoms with van der Waals surface area (Å²) in [7, 11) is 0. The highest BCUT2D eigenvalue weighted by Crippen LogP contribution is 2.31. The molecule has 0 spiro atoms. The number of ether oxygens (including phenoxy) is 1. The smallest absolute Gasteiger partial charge is 0.349 e. The molecule has 1 heterocycles. The van der Waals surface area contributed by atoms with E-state index in [1.54, 1.807) is 24.3 Å². The Labute approximate surface area is 154 Å². The van der Waals surface area contributed by atoms with Crippen molar-refractivity contribution in [2.24, 2.45) is 0 Å². The van der Waals surface area contributed by atoms with Crippen molar-refractivity contribution in [1.29, 1.82) is 5.26 Å². The van der Waals surface area contributed by atoms with Crippen LogP contribution in [-0.2, 0) is 9.53 Å². The van der Waals surface area contributed by atoms with Gasteiger partial charge in [0, 0.05) is 17.7 Å². The summed E-state index contributed by atoms with van der Waals surface area (Å²) in [4.78, 5) is 22.2. The SMILES string of the molecule is CCCCOC(=O)C(C#N)=Cc1ccc(-c2ccc(Cl)c([N+](=O)[O-])c2)o1. The van der Waals surface area contributed by atoms with Crippen molar-refractivity contribution in [2.75, 3.05) is 6.61 Å². The zero-order chi connectivity index (χ0) is 19.1. The molecule has 1 aromatic heterocycles. The Bertz CT molecular complexity index is 895. The predicted molar refractivity (Wildman–Crippen MR) is 95.3 cm³/mol. The van der Waals surface area contributed by atoms with Gasteiger partial charge in [0.2, 0.25) is 0 Å². The van der Waals surface area contributed by atoms with E-state index in [0.29, 0.717) is 17.7 Å². The molecule has 0 N–H and O–H groups in total. The lowest BCUT2D eigenvalue weighted by atomic mass is 10.1. The summed E-state index contributed by atoms with van der Waals surface area (Å²) < 4.78 is 10.5. The molecule has 0 saturated carbocycles. The zero-order valence-corrected chi connectivity index (χ0v) is 14.7. The number of nitro benzene ring substituents is 1. The molecule has 0 saturated heterocycles. The van der Waals surface area contributed by atoms with Crippen molar-refractivity contribution in [3.63, 3.8) is 0 Å². The lowest BCUT2D eigenvalue weighted by molar-refractivity contribution is -0.384. The molecule has 0 fully saturated rings. The second-order valence-corrected chi connectivity index (χ2v) is 5.69. The molecule has 26 heavy (non-hydrogen) atoms. The van der Waals surface area contributed by atoms with Crippen molar-refractivity contribution in [3.05, 3.63) is 56.8 Å². The van der Waals surface area contributed by atoms with Gasteiger partial charge in [0.05, 0.1) is 11.5 Å². The van der Waals surface area contributed by atoms with Crippen LogP contribution in [0.3, 0.4) is 0 Å². The van der Waals surface area contributed by atoms with Crippen molar-refractivity contribution < 1.29 is 18.9 Å². The fraction of sp³-hybridized carbons (Fsp3) is 0.222. The predicted octanol–water partition coefficient (Wildman–Crippen LogP) is 4.76. The molecule has 0 aliphatic heterocycles. The number of furan rings is 1. The summed E-state index contributed by atoms with van der Waals surface area (Å²) in [5, 5.41) is 20.1. The van der Waals surface area contributed by atoms with Gasteiger partial charge < -0.3 is 9.15 Å². The van der Waals surface area contributed by atoms with E-state index in [2.05, 4.69) is 0 Å². The molecule has 1 aromatic carbocycles. The quantitative estimate of drug-likeness (QED) is 0.173. The molecule has 8 heteroatoms. The number of esters is 1. The van der Waals surface area contributed by atoms with Crippen LogP contribution in [0.15, 0.2) is 40.3 Å². The summed E-state index contributed by atoms with van der Waals surface area (Å²) in [5.41, 5.74) is 0.0174. The Morgan fingerprint density at radius 1 is 1.42 bits per heavy atom. The molecule has 0 aliphatic rings. The lowest BCUT2D eigenvalue weighted by Gasteiger charge is -2.01. The van der Waals surface area contributed by atoms with Gasteiger partial charge in [-0.25, -0.2) is 4.79 Å². The third kappa shape index (κ3) is 4.71. The van der Waals surface area contributed by atoms with E-state index in [9.17, 15) is 14.9 Å². The summed E-state index contributed by atoms with van der Waals surface area (Å²) in [5.74, 6) is -0.129. The van der Waals surface area contributed by atoms with Crippen molar-refractivity contribution in [2.45, 2.75) is 19.8 Å². The van der Waals surface area contributed by atoms with Crippen LogP contribution in [-0.4, -0.2) is 17.5 Å². The number of nitro groups is 1. The highest BCUT2D eigenvalue weighted by Gasteiger charge is 2.16. The minimum atomic E-state index is -0.721. The third-order valence-electron chi connectivity index (χ3n) is 3.41. The Hall–Kier alpha value is -3.11. The topological polar surface area (TPSA) is 106 Å². The van der Waals surface area contributed by atoms with Gasteiger partial charge in [-0.2, -0.15) is 5.26 Å². The molecule has 0 amide bonds. The first-order chi connectivity index (χ1) is 12.5. The van der Waals surface area contributed by atoms with E-state index in [0.717, 1.165) is 6.42 Å². The number of hydrogen-bond acceptors (Lipinski definition) is 6. The zero-order valence-electron chi connectivity index (χ0n) is 13.9. The number of unbranched alkanes of at least 4 members (excludes halogenated alkanes) is 1. The van der Waals surface area contributed by atoms with E-state index in [1.165, 1.54) is 18.2 Å². The van der Waals surface area contributed by atoms with E-state index >= 15 is 0 Å². The molecular weight excluding hydrogens is 360 g/mol. The highest BCUT2D eigenvalue weighted by molar-refractivity contribution is 6.32. The maximum absolute atomic E-state index is 11.8. The first-order valence-electron chi connectivity index (χ1n) is 7.79. The fourth-order valence-corrected chi connectivity index (χ4v) is 2.24. The second-order valence-electron chi connectivity index (χ2n) is 5.28. The minimum Gasteiger partial charge on any atom is -0.462 e. The summed E-state index contributed by atoms with van der Waals surface area (Å²) in [6.07, 6.45) is 2.85. The second kappa shape index (κ2) is 8.83. The first kappa shape index (κ1) is 19.2. The number of benzene rings is 1. The van der Waals surface area contributed by atoms with Crippen molar-refractivity contribution in [3.8, 4) is 17.4 Å². The van der Waals surface area contributed by atoms with Crippen LogP contribution in [0.2, 0.25) is 5.02 Å². The average molecular weight is 375 g/mol. The molecule has 2 rings (SSSR count). The summed E-state index contributed by atoms with van der Waals surface area (Å²) >= 11 is 5.79. The first-order valence-corrected chi connectivity index (χ1v) is 8.17. The monoisotopic (exact) mass is 374 g/mol.